The van der Waals surface area contributed by atoms with Crippen LogP contribution >= 0.6 is 12.4 Å². The maximum Gasteiger partial charge on any atom is 0.300 e. The number of aliphatic carboxylic acids is 2. The van der Waals surface area contributed by atoms with Crippen molar-refractivity contribution < 1.29 is 36.3 Å². The Labute approximate surface area is 75.0 Å². The van der Waals surface area contributed by atoms with Gasteiger partial charge < -0.3 is 10.2 Å². The molecule has 0 unspecified atom stereocenters. The molecule has 10 heavy (non-hydrogen) atoms. The van der Waals surface area contributed by atoms with Crippen molar-refractivity contribution >= 4 is 24.3 Å². The first-order valence-electron chi connectivity index (χ1n) is 1.86. The minimum atomic E-state index is -0.833. The zero-order valence-electron chi connectivity index (χ0n) is 5.44. The summed E-state index contributed by atoms with van der Waals surface area (Å²) in [5.41, 5.74) is 0. The van der Waals surface area contributed by atoms with Gasteiger partial charge in [0.25, 0.3) is 11.9 Å². The SMILES string of the molecule is CC(=O)O.CC(=O)O.Cl.[Ni]. The molecule has 0 saturated heterocycles. The second kappa shape index (κ2) is 15.9. The summed E-state index contributed by atoms with van der Waals surface area (Å²) in [5.74, 6) is -1.67. The van der Waals surface area contributed by atoms with E-state index in [9.17, 15) is 0 Å². The van der Waals surface area contributed by atoms with Gasteiger partial charge in [0.2, 0.25) is 0 Å². The topological polar surface area (TPSA) is 74.6 Å². The molecule has 0 bridgehead atoms. The smallest absolute Gasteiger partial charge is 0.300 e. The summed E-state index contributed by atoms with van der Waals surface area (Å²) in [6.45, 7) is 2.17. The van der Waals surface area contributed by atoms with E-state index in [4.69, 9.17) is 19.8 Å². The van der Waals surface area contributed by atoms with Crippen LogP contribution in [0.5, 0.6) is 0 Å². The second-order valence-corrected chi connectivity index (χ2v) is 1.04. The number of carboxylic acid groups (broad SMARTS) is 2. The van der Waals surface area contributed by atoms with Crippen molar-refractivity contribution in [3.05, 3.63) is 0 Å². The van der Waals surface area contributed by atoms with Gasteiger partial charge in [-0.05, 0) is 0 Å². The molecule has 0 atom stereocenters. The molecule has 0 aliphatic heterocycles. The molecule has 0 aliphatic rings. The van der Waals surface area contributed by atoms with Crippen LogP contribution in [0, 0.1) is 0 Å². The van der Waals surface area contributed by atoms with Gasteiger partial charge >= 0.3 is 0 Å². The van der Waals surface area contributed by atoms with E-state index in [0.717, 1.165) is 13.8 Å². The molecule has 0 aromatic heterocycles. The fraction of sp³-hybridized carbons (Fsp3) is 0.500. The average Bonchev–Trinajstić information content (AvgIpc) is 1.25. The van der Waals surface area contributed by atoms with E-state index in [1.165, 1.54) is 0 Å². The van der Waals surface area contributed by atoms with Crippen LogP contribution in [0.3, 0.4) is 0 Å². The van der Waals surface area contributed by atoms with Crippen molar-refractivity contribution in [2.24, 2.45) is 0 Å². The van der Waals surface area contributed by atoms with E-state index in [2.05, 4.69) is 0 Å². The predicted octanol–water partition coefficient (Wildman–Crippen LogP) is 0.601. The molecule has 0 radical (unpaired) electrons. The van der Waals surface area contributed by atoms with E-state index >= 15 is 0 Å². The maximum atomic E-state index is 9.00. The van der Waals surface area contributed by atoms with Gasteiger partial charge in [0.05, 0.1) is 0 Å². The van der Waals surface area contributed by atoms with Crippen LogP contribution in [0.25, 0.3) is 0 Å². The van der Waals surface area contributed by atoms with Crippen LogP contribution in [0.15, 0.2) is 0 Å². The van der Waals surface area contributed by atoms with E-state index < -0.39 is 11.9 Å². The van der Waals surface area contributed by atoms with Crippen molar-refractivity contribution in [1.82, 2.24) is 0 Å². The maximum absolute atomic E-state index is 9.00. The van der Waals surface area contributed by atoms with Crippen LogP contribution in [0.4, 0.5) is 0 Å². The zero-order chi connectivity index (χ0) is 7.15. The molecule has 0 amide bonds. The van der Waals surface area contributed by atoms with Crippen LogP contribution in [-0.2, 0) is 26.1 Å². The van der Waals surface area contributed by atoms with E-state index in [0.29, 0.717) is 0 Å². The Hall–Kier alpha value is -0.276. The minimum absolute atomic E-state index is 0. The first-order chi connectivity index (χ1) is 3.46. The monoisotopic (exact) mass is 214 g/mol. The van der Waals surface area contributed by atoms with Gasteiger partial charge in [-0.3, -0.25) is 9.59 Å². The average molecular weight is 215 g/mol. The Morgan fingerprint density at radius 1 is 1.00 bits per heavy atom. The van der Waals surface area contributed by atoms with E-state index in [1.807, 2.05) is 0 Å². The number of hydrogen-bond donors (Lipinski definition) is 2. The number of carbonyl (C=O) groups is 2. The predicted molar refractivity (Wildman–Crippen MR) is 33.9 cm³/mol. The number of carboxylic acids is 2. The molecule has 0 fully saturated rings. The Kier molecular flexibility index (Phi) is 35.9. The molecule has 2 N–H and O–H groups in total. The molecule has 66 valence electrons. The van der Waals surface area contributed by atoms with Gasteiger partial charge in [0.1, 0.15) is 0 Å². The molecule has 0 spiro atoms. The normalized spacial score (nSPS) is 5.00. The molecule has 0 rings (SSSR count). The fourth-order valence-corrected chi connectivity index (χ4v) is 0. The van der Waals surface area contributed by atoms with E-state index in [-0.39, 0.29) is 28.9 Å². The van der Waals surface area contributed by atoms with Gasteiger partial charge in [-0.25, -0.2) is 0 Å². The molecule has 0 aliphatic carbocycles. The summed E-state index contributed by atoms with van der Waals surface area (Å²) in [6.07, 6.45) is 0. The minimum Gasteiger partial charge on any atom is -0.481 e. The fourth-order valence-electron chi connectivity index (χ4n) is 0. The van der Waals surface area contributed by atoms with Gasteiger partial charge in [-0.2, -0.15) is 0 Å². The molecule has 4 nitrogen and oxygen atoms in total. The van der Waals surface area contributed by atoms with E-state index in [1.54, 1.807) is 0 Å². The summed E-state index contributed by atoms with van der Waals surface area (Å²) in [6, 6.07) is 0. The summed E-state index contributed by atoms with van der Waals surface area (Å²) in [5, 5.41) is 14.8. The molecule has 0 aromatic carbocycles. The molecule has 0 heterocycles. The summed E-state index contributed by atoms with van der Waals surface area (Å²) in [7, 11) is 0. The third-order valence-electron chi connectivity index (χ3n) is 0. The number of halogens is 1. The quantitative estimate of drug-likeness (QED) is 0.580. The Morgan fingerprint density at radius 2 is 1.00 bits per heavy atom. The Balaban J connectivity index is -0.0000000300. The molecule has 0 saturated carbocycles. The van der Waals surface area contributed by atoms with Crippen molar-refractivity contribution in [1.29, 1.82) is 0 Å². The number of rotatable bonds is 0. The molecular formula is C4H9ClNiO4. The van der Waals surface area contributed by atoms with Crippen LogP contribution in [0.1, 0.15) is 13.8 Å². The van der Waals surface area contributed by atoms with Crippen molar-refractivity contribution in [3.8, 4) is 0 Å². The second-order valence-electron chi connectivity index (χ2n) is 1.04. The first-order valence-corrected chi connectivity index (χ1v) is 1.86. The standard InChI is InChI=1S/2C2H4O2.ClH.Ni/c2*1-2(3)4;;/h2*1H3,(H,3,4);1H;. The van der Waals surface area contributed by atoms with Crippen molar-refractivity contribution in [2.45, 2.75) is 13.8 Å². The third-order valence-corrected chi connectivity index (χ3v) is 0. The molecule has 0 aromatic rings. The first kappa shape index (κ1) is 22.6. The van der Waals surface area contributed by atoms with Gasteiger partial charge in [-0.1, -0.05) is 0 Å². The Morgan fingerprint density at radius 3 is 1.00 bits per heavy atom. The largest absolute Gasteiger partial charge is 0.481 e. The van der Waals surface area contributed by atoms with Crippen molar-refractivity contribution in [3.63, 3.8) is 0 Å². The van der Waals surface area contributed by atoms with Crippen LogP contribution in [-0.4, -0.2) is 22.2 Å². The summed E-state index contributed by atoms with van der Waals surface area (Å²) >= 11 is 0. The Bertz CT molecular complexity index is 75.3. The number of hydrogen-bond acceptors (Lipinski definition) is 2. The van der Waals surface area contributed by atoms with Crippen LogP contribution < -0.4 is 0 Å². The van der Waals surface area contributed by atoms with Gasteiger partial charge in [-0.15, -0.1) is 12.4 Å². The van der Waals surface area contributed by atoms with Crippen LogP contribution in [0.2, 0.25) is 0 Å². The molecular weight excluding hydrogens is 206 g/mol. The molecule has 6 heteroatoms. The van der Waals surface area contributed by atoms with Gasteiger partial charge in [0, 0.05) is 30.3 Å². The summed E-state index contributed by atoms with van der Waals surface area (Å²) in [4.78, 5) is 18.0. The van der Waals surface area contributed by atoms with Crippen molar-refractivity contribution in [2.75, 3.05) is 0 Å². The summed E-state index contributed by atoms with van der Waals surface area (Å²) < 4.78 is 0. The van der Waals surface area contributed by atoms with Gasteiger partial charge in [0.15, 0.2) is 0 Å². The third kappa shape index (κ3) is 4570. The zero-order valence-corrected chi connectivity index (χ0v) is 7.24.